The van der Waals surface area contributed by atoms with Gasteiger partial charge in [-0.25, -0.2) is 22.7 Å². The van der Waals surface area contributed by atoms with E-state index in [-0.39, 0.29) is 18.8 Å². The van der Waals surface area contributed by atoms with Gasteiger partial charge in [-0.1, -0.05) is 56.3 Å². The van der Waals surface area contributed by atoms with Gasteiger partial charge >= 0.3 is 0 Å². The summed E-state index contributed by atoms with van der Waals surface area (Å²) in [5.41, 5.74) is 4.00. The van der Waals surface area contributed by atoms with Crippen LogP contribution in [0.4, 0.5) is 14.5 Å². The third-order valence-electron chi connectivity index (χ3n) is 5.17. The Morgan fingerprint density at radius 2 is 1.71 bits per heavy atom. The van der Waals surface area contributed by atoms with Crippen molar-refractivity contribution < 1.29 is 32.0 Å². The Balaban J connectivity index is 2.39. The average Bonchev–Trinajstić information content (AvgIpc) is 2.79. The maximum atomic E-state index is 14.4. The van der Waals surface area contributed by atoms with Crippen molar-refractivity contribution in [1.82, 2.24) is 10.9 Å². The third-order valence-corrected chi connectivity index (χ3v) is 6.12. The van der Waals surface area contributed by atoms with Crippen LogP contribution < -0.4 is 15.3 Å². The van der Waals surface area contributed by atoms with Crippen molar-refractivity contribution in [2.75, 3.05) is 10.7 Å². The number of nitrogens with zero attached hydrogens (tertiary/aromatic N) is 1. The second-order valence-corrected chi connectivity index (χ2v) is 10.3. The van der Waals surface area contributed by atoms with Gasteiger partial charge in [0.15, 0.2) is 5.82 Å². The van der Waals surface area contributed by atoms with E-state index in [2.05, 4.69) is 5.43 Å². The Kier molecular flexibility index (Phi) is 9.90. The van der Waals surface area contributed by atoms with Crippen LogP contribution in [-0.4, -0.2) is 31.7 Å². The van der Waals surface area contributed by atoms with Crippen LogP contribution in [-0.2, 0) is 19.6 Å². The number of hydrogen-bond acceptors (Lipinski definition) is 5. The standard InChI is InChI=1S/C24H29F2N3O5S/c1-16(2)14-20(19(24(31)28-32)11-7-10-17-8-5-4-6-9-17)23(30)27-29(35(3,33)34)22-13-12-18(25)15-21(22)26/h4-10,12-13,15-16,19-20,32H,11,14H2,1-3H3,(H,27,30)(H,28,31)/b10-7+/t19-,20+/m0/s1. The highest BCUT2D eigenvalue weighted by atomic mass is 32.2. The lowest BCUT2D eigenvalue weighted by molar-refractivity contribution is -0.140. The summed E-state index contributed by atoms with van der Waals surface area (Å²) in [6.45, 7) is 3.62. The van der Waals surface area contributed by atoms with E-state index in [1.807, 2.05) is 44.2 Å². The highest BCUT2D eigenvalue weighted by molar-refractivity contribution is 7.92. The van der Waals surface area contributed by atoms with Crippen molar-refractivity contribution >= 4 is 33.6 Å². The van der Waals surface area contributed by atoms with Crippen LogP contribution in [0.1, 0.15) is 32.3 Å². The number of benzene rings is 2. The first-order valence-electron chi connectivity index (χ1n) is 10.9. The highest BCUT2D eigenvalue weighted by Crippen LogP contribution is 2.27. The molecule has 2 rings (SSSR count). The maximum Gasteiger partial charge on any atom is 0.249 e. The molecule has 0 aliphatic rings. The van der Waals surface area contributed by atoms with Gasteiger partial charge in [0.2, 0.25) is 21.8 Å². The fraction of sp³-hybridized carbons (Fsp3) is 0.333. The number of allylic oxidation sites excluding steroid dienone is 1. The highest BCUT2D eigenvalue weighted by Gasteiger charge is 2.36. The number of carbonyl (C=O) groups is 2. The Bertz CT molecular complexity index is 1160. The van der Waals surface area contributed by atoms with Crippen LogP contribution in [0.2, 0.25) is 0 Å². The molecular formula is C24H29F2N3O5S. The van der Waals surface area contributed by atoms with E-state index in [0.29, 0.717) is 10.5 Å². The normalized spacial score (nSPS) is 13.5. The summed E-state index contributed by atoms with van der Waals surface area (Å²) in [7, 11) is -4.24. The molecule has 8 nitrogen and oxygen atoms in total. The van der Waals surface area contributed by atoms with Crippen molar-refractivity contribution in [3.8, 4) is 0 Å². The summed E-state index contributed by atoms with van der Waals surface area (Å²) < 4.78 is 52.7. The summed E-state index contributed by atoms with van der Waals surface area (Å²) in [5.74, 6) is -6.08. The minimum Gasteiger partial charge on any atom is -0.289 e. The van der Waals surface area contributed by atoms with Crippen molar-refractivity contribution in [3.63, 3.8) is 0 Å². The number of hydroxylamine groups is 1. The fourth-order valence-corrected chi connectivity index (χ4v) is 4.33. The molecule has 0 fully saturated rings. The molecule has 2 aromatic rings. The molecule has 0 unspecified atom stereocenters. The number of carbonyl (C=O) groups excluding carboxylic acids is 2. The number of halogens is 2. The van der Waals surface area contributed by atoms with Crippen molar-refractivity contribution in [2.45, 2.75) is 26.7 Å². The summed E-state index contributed by atoms with van der Waals surface area (Å²) >= 11 is 0. The zero-order valence-electron chi connectivity index (χ0n) is 19.6. The predicted molar refractivity (Wildman–Crippen MR) is 128 cm³/mol. The first kappa shape index (κ1) is 27.9. The Labute approximate surface area is 203 Å². The van der Waals surface area contributed by atoms with E-state index in [0.717, 1.165) is 24.0 Å². The van der Waals surface area contributed by atoms with Crippen molar-refractivity contribution in [3.05, 3.63) is 71.8 Å². The van der Waals surface area contributed by atoms with E-state index < -0.39 is 51.0 Å². The van der Waals surface area contributed by atoms with Crippen LogP contribution in [0.5, 0.6) is 0 Å². The number of nitrogens with one attached hydrogen (secondary N) is 2. The van der Waals surface area contributed by atoms with E-state index in [4.69, 9.17) is 0 Å². The summed E-state index contributed by atoms with van der Waals surface area (Å²) in [5, 5.41) is 9.29. The van der Waals surface area contributed by atoms with Gasteiger partial charge in [0, 0.05) is 6.07 Å². The topological polar surface area (TPSA) is 116 Å². The molecule has 0 aliphatic heterocycles. The number of hydrogen-bond donors (Lipinski definition) is 3. The van der Waals surface area contributed by atoms with E-state index >= 15 is 0 Å². The molecule has 3 N–H and O–H groups in total. The molecule has 0 saturated heterocycles. The van der Waals surface area contributed by atoms with E-state index in [9.17, 15) is 32.0 Å². The third kappa shape index (κ3) is 8.15. The monoisotopic (exact) mass is 509 g/mol. The first-order valence-corrected chi connectivity index (χ1v) is 12.7. The fourth-order valence-electron chi connectivity index (χ4n) is 3.56. The number of anilines is 1. The smallest absolute Gasteiger partial charge is 0.249 e. The molecule has 0 aliphatic carbocycles. The second kappa shape index (κ2) is 12.4. The largest absolute Gasteiger partial charge is 0.289 e. The van der Waals surface area contributed by atoms with Gasteiger partial charge in [-0.15, -0.1) is 0 Å². The van der Waals surface area contributed by atoms with E-state index in [1.165, 1.54) is 0 Å². The Morgan fingerprint density at radius 1 is 1.06 bits per heavy atom. The molecule has 190 valence electrons. The Hall–Kier alpha value is -3.31. The second-order valence-electron chi connectivity index (χ2n) is 8.47. The Morgan fingerprint density at radius 3 is 2.26 bits per heavy atom. The molecule has 2 atom stereocenters. The SMILES string of the molecule is CC(C)C[C@@H](C(=O)NN(c1ccc(F)cc1F)S(C)(=O)=O)[C@H](C/C=C/c1ccccc1)C(=O)NO. The first-order chi connectivity index (χ1) is 16.4. The zero-order valence-corrected chi connectivity index (χ0v) is 20.4. The molecule has 0 heterocycles. The molecule has 0 bridgehead atoms. The van der Waals surface area contributed by atoms with Gasteiger partial charge in [-0.05, 0) is 36.5 Å². The van der Waals surface area contributed by atoms with Crippen LogP contribution in [0, 0.1) is 29.4 Å². The van der Waals surface area contributed by atoms with Gasteiger partial charge in [-0.2, -0.15) is 4.41 Å². The van der Waals surface area contributed by atoms with Crippen LogP contribution >= 0.6 is 0 Å². The number of rotatable bonds is 11. The molecule has 2 aromatic carbocycles. The van der Waals surface area contributed by atoms with E-state index in [1.54, 1.807) is 17.6 Å². The summed E-state index contributed by atoms with van der Waals surface area (Å²) in [6, 6.07) is 11.4. The molecule has 0 saturated carbocycles. The lowest BCUT2D eigenvalue weighted by Gasteiger charge is -2.29. The minimum atomic E-state index is -4.24. The quantitative estimate of drug-likeness (QED) is 0.316. The van der Waals surface area contributed by atoms with Crippen molar-refractivity contribution in [1.29, 1.82) is 0 Å². The lowest BCUT2D eigenvalue weighted by Crippen LogP contribution is -2.51. The van der Waals surface area contributed by atoms with Crippen LogP contribution in [0.15, 0.2) is 54.6 Å². The van der Waals surface area contributed by atoms with Crippen molar-refractivity contribution in [2.24, 2.45) is 17.8 Å². The molecule has 0 radical (unpaired) electrons. The van der Waals surface area contributed by atoms with Crippen LogP contribution in [0.3, 0.4) is 0 Å². The predicted octanol–water partition coefficient (Wildman–Crippen LogP) is 3.65. The number of sulfonamides is 1. The maximum absolute atomic E-state index is 14.4. The molecular weight excluding hydrogens is 480 g/mol. The summed E-state index contributed by atoms with van der Waals surface area (Å²) in [4.78, 5) is 25.8. The average molecular weight is 510 g/mol. The van der Waals surface area contributed by atoms with Gasteiger partial charge in [0.05, 0.1) is 18.1 Å². The molecule has 11 heteroatoms. The molecule has 0 spiro atoms. The molecule has 2 amide bonds. The van der Waals surface area contributed by atoms with Gasteiger partial charge < -0.3 is 0 Å². The molecule has 35 heavy (non-hydrogen) atoms. The van der Waals surface area contributed by atoms with Gasteiger partial charge in [0.25, 0.3) is 0 Å². The number of amides is 2. The minimum absolute atomic E-state index is 0.0515. The zero-order chi connectivity index (χ0) is 26.2. The summed E-state index contributed by atoms with van der Waals surface area (Å²) in [6.07, 6.45) is 4.37. The number of hydrazine groups is 1. The van der Waals surface area contributed by atoms with Gasteiger partial charge in [0.1, 0.15) is 11.5 Å². The van der Waals surface area contributed by atoms with Crippen LogP contribution in [0.25, 0.3) is 6.08 Å². The van der Waals surface area contributed by atoms with Gasteiger partial charge in [-0.3, -0.25) is 20.2 Å². The lowest BCUT2D eigenvalue weighted by atomic mass is 9.82. The molecule has 0 aromatic heterocycles.